The summed E-state index contributed by atoms with van der Waals surface area (Å²) in [5.74, 6) is -0.447. The third-order valence-electron chi connectivity index (χ3n) is 3.77. The van der Waals surface area contributed by atoms with E-state index in [1.807, 2.05) is 26.0 Å². The monoisotopic (exact) mass is 381 g/mol. The third-order valence-corrected chi connectivity index (χ3v) is 6.11. The zero-order valence-corrected chi connectivity index (χ0v) is 15.8. The summed E-state index contributed by atoms with van der Waals surface area (Å²) < 4.78 is 9.47. The van der Waals surface area contributed by atoms with Crippen molar-refractivity contribution in [2.45, 2.75) is 20.8 Å². The van der Waals surface area contributed by atoms with E-state index < -0.39 is 5.97 Å². The molecule has 0 unspecified atom stereocenters. The van der Waals surface area contributed by atoms with Crippen LogP contribution in [0.15, 0.2) is 12.1 Å². The number of aryl methyl sites for hydroxylation is 2. The third kappa shape index (κ3) is 2.83. The summed E-state index contributed by atoms with van der Waals surface area (Å²) in [5, 5.41) is 3.67. The van der Waals surface area contributed by atoms with Crippen LogP contribution in [0.5, 0.6) is 0 Å². The summed E-state index contributed by atoms with van der Waals surface area (Å²) in [6, 6.07) is 3.83. The van der Waals surface area contributed by atoms with Crippen LogP contribution in [0.2, 0.25) is 5.02 Å². The quantitative estimate of drug-likeness (QED) is 0.374. The second kappa shape index (κ2) is 6.58. The molecular weight excluding hydrogens is 366 g/mol. The zero-order chi connectivity index (χ0) is 17.4. The largest absolute Gasteiger partial charge is 0.462 e. The average molecular weight is 382 g/mol. The maximum Gasteiger partial charge on any atom is 0.342 e. The van der Waals surface area contributed by atoms with Crippen molar-refractivity contribution >= 4 is 55.5 Å². The lowest BCUT2D eigenvalue weighted by Gasteiger charge is -2.13. The van der Waals surface area contributed by atoms with Crippen LogP contribution in [0.1, 0.15) is 28.4 Å². The first-order chi connectivity index (χ1) is 11.4. The molecule has 0 radical (unpaired) electrons. The van der Waals surface area contributed by atoms with E-state index in [4.69, 9.17) is 22.1 Å². The van der Waals surface area contributed by atoms with Crippen molar-refractivity contribution in [3.8, 4) is 10.6 Å². The summed E-state index contributed by atoms with van der Waals surface area (Å²) in [6.07, 6.45) is 0. The highest BCUT2D eigenvalue weighted by atomic mass is 35.5. The highest BCUT2D eigenvalue weighted by Crippen LogP contribution is 2.48. The Kier molecular flexibility index (Phi) is 4.67. The first-order valence-corrected chi connectivity index (χ1v) is 9.80. The Morgan fingerprint density at radius 3 is 2.79 bits per heavy atom. The van der Waals surface area contributed by atoms with Crippen LogP contribution < -0.4 is 11.1 Å². The van der Waals surface area contributed by atoms with E-state index in [9.17, 15) is 4.79 Å². The Hall–Kier alpha value is -1.83. The number of esters is 1. The van der Waals surface area contributed by atoms with E-state index >= 15 is 0 Å². The van der Waals surface area contributed by atoms with Crippen LogP contribution in [0, 0.1) is 13.8 Å². The minimum absolute atomic E-state index is 0.280. The Balaban J connectivity index is 2.12. The molecule has 0 saturated heterocycles. The number of nitrogens with zero attached hydrogens (tertiary/aromatic N) is 1. The topological polar surface area (TPSA) is 77.2 Å². The highest BCUT2D eigenvalue weighted by molar-refractivity contribution is 7.68. The van der Waals surface area contributed by atoms with Gasteiger partial charge in [-0.2, -0.15) is 4.37 Å². The molecule has 3 N–H and O–H groups in total. The number of ether oxygens (including phenoxy) is 1. The fourth-order valence-electron chi connectivity index (χ4n) is 2.42. The molecule has 126 valence electrons. The average Bonchev–Trinajstić information content (AvgIpc) is 3.08. The van der Waals surface area contributed by atoms with Crippen LogP contribution in [-0.2, 0) is 4.74 Å². The van der Waals surface area contributed by atoms with E-state index in [0.29, 0.717) is 33.3 Å². The fourth-order valence-corrected chi connectivity index (χ4v) is 4.77. The van der Waals surface area contributed by atoms with Crippen LogP contribution in [-0.4, -0.2) is 16.9 Å². The van der Waals surface area contributed by atoms with E-state index in [1.165, 1.54) is 20.9 Å². The smallest absolute Gasteiger partial charge is 0.342 e. The minimum atomic E-state index is -0.447. The van der Waals surface area contributed by atoms with Gasteiger partial charge < -0.3 is 15.8 Å². The Bertz CT molecular complexity index is 888. The summed E-state index contributed by atoms with van der Waals surface area (Å²) in [7, 11) is 2.72. The molecule has 1 aliphatic heterocycles. The van der Waals surface area contributed by atoms with Gasteiger partial charge in [0.25, 0.3) is 0 Å². The predicted molar refractivity (Wildman–Crippen MR) is 101 cm³/mol. The molecule has 5 nitrogen and oxygen atoms in total. The van der Waals surface area contributed by atoms with Crippen molar-refractivity contribution in [1.82, 2.24) is 4.37 Å². The van der Waals surface area contributed by atoms with Gasteiger partial charge in [-0.25, -0.2) is 4.79 Å². The van der Waals surface area contributed by atoms with Gasteiger partial charge in [0.15, 0.2) is 0 Å². The van der Waals surface area contributed by atoms with Gasteiger partial charge in [-0.3, -0.25) is 0 Å². The standard InChI is InChI=1S/C16H16ClN3O2S2/c1-4-22-16(21)11-13(12(17)15-14(11)20-24-23-15)19-10-6-8(3)7(2)5-9(10)18/h5-6,19H,4,18H2,1-3H3. The summed E-state index contributed by atoms with van der Waals surface area (Å²) in [5.41, 5.74) is 11.0. The number of benzene rings is 1. The van der Waals surface area contributed by atoms with Gasteiger partial charge in [0.05, 0.1) is 33.6 Å². The molecule has 1 aromatic carbocycles. The number of fused-ring (bicyclic) bond motifs is 1. The lowest BCUT2D eigenvalue weighted by Crippen LogP contribution is -2.08. The van der Waals surface area contributed by atoms with Crippen molar-refractivity contribution in [2.24, 2.45) is 0 Å². The number of nitrogens with two attached hydrogens (primary N) is 1. The second-order valence-electron chi connectivity index (χ2n) is 5.36. The lowest BCUT2D eigenvalue weighted by molar-refractivity contribution is 0.0528. The highest BCUT2D eigenvalue weighted by Gasteiger charge is 2.31. The number of anilines is 3. The molecule has 8 heteroatoms. The number of rotatable bonds is 4. The maximum absolute atomic E-state index is 12.4. The molecule has 0 spiro atoms. The van der Waals surface area contributed by atoms with Crippen molar-refractivity contribution in [1.29, 1.82) is 0 Å². The molecule has 2 aliphatic rings. The van der Waals surface area contributed by atoms with Gasteiger partial charge in [0.1, 0.15) is 11.3 Å². The molecule has 3 rings (SSSR count). The summed E-state index contributed by atoms with van der Waals surface area (Å²) >= 11 is 6.49. The molecular formula is C16H16ClN3O2S2. The fraction of sp³-hybridized carbons (Fsp3) is 0.250. The number of carbonyl (C=O) groups excluding carboxylic acids is 1. The first kappa shape index (κ1) is 17.0. The number of aromatic nitrogens is 1. The van der Waals surface area contributed by atoms with Crippen LogP contribution in [0.25, 0.3) is 10.6 Å². The Labute approximate surface area is 152 Å². The number of nitrogen functional groups attached to an aromatic ring is 1. The Morgan fingerprint density at radius 2 is 2.08 bits per heavy atom. The van der Waals surface area contributed by atoms with E-state index in [1.54, 1.807) is 6.92 Å². The number of hydrogen-bond acceptors (Lipinski definition) is 7. The second-order valence-corrected chi connectivity index (χ2v) is 7.59. The number of halogens is 1. The minimum Gasteiger partial charge on any atom is -0.462 e. The van der Waals surface area contributed by atoms with Crippen molar-refractivity contribution in [3.05, 3.63) is 33.8 Å². The number of hydrogen-bond donors (Lipinski definition) is 2. The van der Waals surface area contributed by atoms with E-state index in [0.717, 1.165) is 16.0 Å². The summed E-state index contributed by atoms with van der Waals surface area (Å²) in [6.45, 7) is 6.04. The normalized spacial score (nSPS) is 11.0. The van der Waals surface area contributed by atoms with E-state index in [2.05, 4.69) is 9.69 Å². The zero-order valence-electron chi connectivity index (χ0n) is 13.4. The summed E-state index contributed by atoms with van der Waals surface area (Å²) in [4.78, 5) is 13.2. The molecule has 0 atom stereocenters. The van der Waals surface area contributed by atoms with E-state index in [-0.39, 0.29) is 6.61 Å². The van der Waals surface area contributed by atoms with Gasteiger partial charge in [-0.1, -0.05) is 21.9 Å². The van der Waals surface area contributed by atoms with Crippen molar-refractivity contribution in [3.63, 3.8) is 0 Å². The van der Waals surface area contributed by atoms with Gasteiger partial charge in [0, 0.05) is 10.5 Å². The van der Waals surface area contributed by atoms with Crippen LogP contribution in [0.4, 0.5) is 17.1 Å². The molecule has 0 fully saturated rings. The van der Waals surface area contributed by atoms with Gasteiger partial charge >= 0.3 is 5.97 Å². The molecule has 1 heterocycles. The van der Waals surface area contributed by atoms with Gasteiger partial charge in [0.2, 0.25) is 0 Å². The predicted octanol–water partition coefficient (Wildman–Crippen LogP) is 5.08. The molecule has 0 bridgehead atoms. The van der Waals surface area contributed by atoms with Gasteiger partial charge in [-0.15, -0.1) is 0 Å². The first-order valence-electron chi connectivity index (χ1n) is 7.31. The molecule has 0 aromatic heterocycles. The molecule has 1 aliphatic carbocycles. The number of nitrogens with one attached hydrogen (secondary N) is 1. The van der Waals surface area contributed by atoms with Gasteiger partial charge in [-0.05, 0) is 44.0 Å². The van der Waals surface area contributed by atoms with Crippen LogP contribution in [0.3, 0.4) is 0 Å². The van der Waals surface area contributed by atoms with Crippen LogP contribution >= 0.6 is 32.5 Å². The maximum atomic E-state index is 12.4. The lowest BCUT2D eigenvalue weighted by atomic mass is 10.1. The molecule has 24 heavy (non-hydrogen) atoms. The molecule has 0 amide bonds. The SMILES string of the molecule is CCOC(=O)c1c2nssc-2c(Cl)c1Nc1cc(C)c(C)cc1N. The Morgan fingerprint density at radius 1 is 1.38 bits per heavy atom. The van der Waals surface area contributed by atoms with Crippen molar-refractivity contribution in [2.75, 3.05) is 17.7 Å². The molecule has 0 saturated carbocycles. The number of carbonyl (C=O) groups is 1. The molecule has 1 aromatic rings. The van der Waals surface area contributed by atoms with Crippen molar-refractivity contribution < 1.29 is 9.53 Å².